The number of H-pyrrole nitrogens is 1. The predicted molar refractivity (Wildman–Crippen MR) is 102 cm³/mol. The van der Waals surface area contributed by atoms with Crippen LogP contribution in [0.3, 0.4) is 0 Å². The first-order valence-electron chi connectivity index (χ1n) is 7.92. The number of aliphatic hydroxyl groups is 1. The number of nitrogens with zero attached hydrogens (tertiary/aromatic N) is 1. The molecule has 4 rings (SSSR count). The molecule has 0 aliphatic heterocycles. The molecule has 4 nitrogen and oxygen atoms in total. The number of halogens is 1. The van der Waals surface area contributed by atoms with E-state index in [9.17, 15) is 14.3 Å². The summed E-state index contributed by atoms with van der Waals surface area (Å²) >= 11 is 1.34. The molecule has 0 aliphatic carbocycles. The Kier molecular flexibility index (Phi) is 4.03. The van der Waals surface area contributed by atoms with Crippen LogP contribution >= 0.6 is 11.3 Å². The molecule has 2 aromatic heterocycles. The zero-order valence-corrected chi connectivity index (χ0v) is 14.4. The summed E-state index contributed by atoms with van der Waals surface area (Å²) in [5.41, 5.74) is 2.75. The van der Waals surface area contributed by atoms with Crippen molar-refractivity contribution in [1.29, 1.82) is 0 Å². The Hall–Kier alpha value is -3.01. The average molecular weight is 364 g/mol. The highest BCUT2D eigenvalue weighted by atomic mass is 32.1. The van der Waals surface area contributed by atoms with Gasteiger partial charge in [-0.2, -0.15) is 0 Å². The van der Waals surface area contributed by atoms with Crippen LogP contribution in [0.15, 0.2) is 46.6 Å². The largest absolute Gasteiger partial charge is 0.392 e. The monoisotopic (exact) mass is 364 g/mol. The van der Waals surface area contributed by atoms with E-state index in [-0.39, 0.29) is 18.7 Å². The van der Waals surface area contributed by atoms with E-state index in [1.807, 2.05) is 11.4 Å². The van der Waals surface area contributed by atoms with E-state index in [4.69, 9.17) is 6.57 Å². The van der Waals surface area contributed by atoms with Crippen molar-refractivity contribution in [2.45, 2.75) is 13.2 Å². The Bertz CT molecular complexity index is 1250. The minimum absolute atomic E-state index is 0.0173. The Morgan fingerprint density at radius 1 is 1.19 bits per heavy atom. The Morgan fingerprint density at radius 3 is 2.73 bits per heavy atom. The van der Waals surface area contributed by atoms with E-state index in [1.165, 1.54) is 17.4 Å². The number of aromatic amines is 1. The van der Waals surface area contributed by atoms with Gasteiger partial charge in [-0.05, 0) is 46.3 Å². The van der Waals surface area contributed by atoms with Gasteiger partial charge in [0.05, 0.1) is 12.2 Å². The van der Waals surface area contributed by atoms with E-state index in [0.29, 0.717) is 32.5 Å². The molecule has 0 unspecified atom stereocenters. The molecular formula is C20H13FN2O2S. The van der Waals surface area contributed by atoms with Crippen molar-refractivity contribution in [3.63, 3.8) is 0 Å². The minimum Gasteiger partial charge on any atom is -0.392 e. The third-order valence-corrected chi connectivity index (χ3v) is 5.36. The van der Waals surface area contributed by atoms with Gasteiger partial charge in [0.1, 0.15) is 10.5 Å². The number of hydrogen-bond acceptors (Lipinski definition) is 3. The molecule has 2 heterocycles. The van der Waals surface area contributed by atoms with Gasteiger partial charge in [0.25, 0.3) is 5.56 Å². The number of hydrogen-bond donors (Lipinski definition) is 2. The lowest BCUT2D eigenvalue weighted by molar-refractivity contribution is 0.282. The Balaban J connectivity index is 2.11. The molecule has 0 saturated heterocycles. The second-order valence-electron chi connectivity index (χ2n) is 5.92. The van der Waals surface area contributed by atoms with Crippen molar-refractivity contribution in [2.24, 2.45) is 0 Å². The van der Waals surface area contributed by atoms with Crippen molar-refractivity contribution in [2.75, 3.05) is 0 Å². The van der Waals surface area contributed by atoms with Crippen molar-refractivity contribution in [3.8, 4) is 11.1 Å². The number of rotatable bonds is 3. The smallest absolute Gasteiger partial charge is 0.266 e. The van der Waals surface area contributed by atoms with Gasteiger partial charge in [0.2, 0.25) is 6.54 Å². The highest BCUT2D eigenvalue weighted by Crippen LogP contribution is 2.37. The molecule has 4 aromatic rings. The van der Waals surface area contributed by atoms with Crippen molar-refractivity contribution < 1.29 is 9.50 Å². The number of aromatic nitrogens is 1. The maximum atomic E-state index is 14.4. The molecule has 26 heavy (non-hydrogen) atoms. The van der Waals surface area contributed by atoms with Crippen LogP contribution in [0.1, 0.15) is 11.1 Å². The fourth-order valence-electron chi connectivity index (χ4n) is 3.27. The van der Waals surface area contributed by atoms with Crippen LogP contribution in [-0.2, 0) is 13.2 Å². The van der Waals surface area contributed by atoms with Crippen LogP contribution < -0.4 is 5.56 Å². The summed E-state index contributed by atoms with van der Waals surface area (Å²) < 4.78 is 15.0. The maximum absolute atomic E-state index is 14.4. The van der Waals surface area contributed by atoms with Crippen LogP contribution in [0.4, 0.5) is 4.39 Å². The summed E-state index contributed by atoms with van der Waals surface area (Å²) in [6, 6.07) is 10.1. The summed E-state index contributed by atoms with van der Waals surface area (Å²) in [6.45, 7) is 6.69. The number of thiophene rings is 1. The summed E-state index contributed by atoms with van der Waals surface area (Å²) in [4.78, 5) is 18.3. The lowest BCUT2D eigenvalue weighted by Gasteiger charge is -2.13. The minimum atomic E-state index is -0.453. The fourth-order valence-corrected chi connectivity index (χ4v) is 4.06. The van der Waals surface area contributed by atoms with E-state index in [0.717, 1.165) is 10.8 Å². The molecule has 0 aliphatic rings. The maximum Gasteiger partial charge on any atom is 0.266 e. The highest BCUT2D eigenvalue weighted by molar-refractivity contribution is 7.17. The second-order valence-corrected chi connectivity index (χ2v) is 6.84. The second kappa shape index (κ2) is 6.37. The molecule has 6 heteroatoms. The van der Waals surface area contributed by atoms with Gasteiger partial charge in [-0.15, -0.1) is 11.3 Å². The Labute approximate surface area is 152 Å². The SMILES string of the molecule is [C-]#[N+]Cc1ccc(-c2c(CO)ccc3[nH]c(=O)c4sccc4c23)cc1F. The molecule has 0 amide bonds. The van der Waals surface area contributed by atoms with Gasteiger partial charge in [-0.1, -0.05) is 12.1 Å². The zero-order chi connectivity index (χ0) is 18.3. The first kappa shape index (κ1) is 16.5. The molecule has 0 spiro atoms. The summed E-state index contributed by atoms with van der Waals surface area (Å²) in [5, 5.41) is 13.2. The lowest BCUT2D eigenvalue weighted by Crippen LogP contribution is -2.05. The molecule has 2 aromatic carbocycles. The van der Waals surface area contributed by atoms with Gasteiger partial charge < -0.3 is 14.9 Å². The zero-order valence-electron chi connectivity index (χ0n) is 13.5. The van der Waals surface area contributed by atoms with Gasteiger partial charge in [0, 0.05) is 16.3 Å². The number of aliphatic hydroxyl groups excluding tert-OH is 1. The molecule has 0 saturated carbocycles. The summed E-state index contributed by atoms with van der Waals surface area (Å²) in [7, 11) is 0. The van der Waals surface area contributed by atoms with Crippen LogP contribution in [0.25, 0.3) is 37.0 Å². The van der Waals surface area contributed by atoms with Crippen molar-refractivity contribution in [1.82, 2.24) is 4.98 Å². The third kappa shape index (κ3) is 2.49. The van der Waals surface area contributed by atoms with Gasteiger partial charge in [-0.3, -0.25) is 4.79 Å². The van der Waals surface area contributed by atoms with E-state index >= 15 is 0 Å². The lowest BCUT2D eigenvalue weighted by atomic mass is 9.93. The Morgan fingerprint density at radius 2 is 2.00 bits per heavy atom. The number of benzene rings is 2. The van der Waals surface area contributed by atoms with Gasteiger partial charge in [-0.25, -0.2) is 11.0 Å². The number of pyridine rings is 1. The number of nitrogens with one attached hydrogen (secondary N) is 1. The van der Waals surface area contributed by atoms with E-state index < -0.39 is 5.82 Å². The molecule has 0 atom stereocenters. The average Bonchev–Trinajstić information content (AvgIpc) is 3.13. The van der Waals surface area contributed by atoms with Crippen LogP contribution in [0.2, 0.25) is 0 Å². The topological polar surface area (TPSA) is 57.4 Å². The van der Waals surface area contributed by atoms with Gasteiger partial charge >= 0.3 is 0 Å². The molecule has 0 radical (unpaired) electrons. The predicted octanol–water partition coefficient (Wildman–Crippen LogP) is 4.46. The van der Waals surface area contributed by atoms with Gasteiger partial charge in [0.15, 0.2) is 0 Å². The molecule has 2 N–H and O–H groups in total. The summed E-state index contributed by atoms with van der Waals surface area (Å²) in [6.07, 6.45) is 0. The molecule has 0 fully saturated rings. The van der Waals surface area contributed by atoms with Crippen molar-refractivity contribution >= 4 is 32.3 Å². The first-order chi connectivity index (χ1) is 12.6. The molecule has 0 bridgehead atoms. The van der Waals surface area contributed by atoms with E-state index in [2.05, 4.69) is 9.83 Å². The van der Waals surface area contributed by atoms with Crippen LogP contribution in [0.5, 0.6) is 0 Å². The van der Waals surface area contributed by atoms with Crippen molar-refractivity contribution in [3.05, 3.63) is 80.5 Å². The normalized spacial score (nSPS) is 11.1. The van der Waals surface area contributed by atoms with E-state index in [1.54, 1.807) is 24.3 Å². The fraction of sp³-hybridized carbons (Fsp3) is 0.100. The molecular weight excluding hydrogens is 351 g/mol. The third-order valence-electron chi connectivity index (χ3n) is 4.44. The highest BCUT2D eigenvalue weighted by Gasteiger charge is 2.17. The summed E-state index contributed by atoms with van der Waals surface area (Å²) in [5.74, 6) is -0.453. The van der Waals surface area contributed by atoms with Crippen LogP contribution in [0, 0.1) is 12.4 Å². The number of fused-ring (bicyclic) bond motifs is 3. The van der Waals surface area contributed by atoms with Crippen LogP contribution in [-0.4, -0.2) is 10.1 Å². The standard InChI is InChI=1S/C20H13FN2O2S/c1-22-9-12-3-2-11(8-15(12)21)17-13(10-24)4-5-16-18(17)14-6-7-26-19(14)20(25)23-16/h2-8,24H,9-10H2,(H,23,25). The quantitative estimate of drug-likeness (QED) is 0.527. The molecule has 128 valence electrons. The first-order valence-corrected chi connectivity index (χ1v) is 8.80.